The molecule has 194 valence electrons. The molecule has 0 amide bonds. The molecule has 8 nitrogen and oxygen atoms in total. The molecule has 0 fully saturated rings. The van der Waals surface area contributed by atoms with Crippen LogP contribution in [-0.4, -0.2) is 37.1 Å². The van der Waals surface area contributed by atoms with Crippen LogP contribution in [0.4, 0.5) is 5.69 Å². The third-order valence-corrected chi connectivity index (χ3v) is 7.47. The Bertz CT molecular complexity index is 1250. The van der Waals surface area contributed by atoms with Gasteiger partial charge in [-0.3, -0.25) is 14.1 Å². The molecule has 10 heteroatoms. The van der Waals surface area contributed by atoms with Gasteiger partial charge in [0.25, 0.3) is 0 Å². The van der Waals surface area contributed by atoms with Crippen LogP contribution in [0, 0.1) is 5.92 Å². The highest BCUT2D eigenvalue weighted by molar-refractivity contribution is 7.87. The summed E-state index contributed by atoms with van der Waals surface area (Å²) >= 11 is 1.52. The van der Waals surface area contributed by atoms with Crippen LogP contribution >= 0.6 is 11.3 Å². The van der Waals surface area contributed by atoms with Crippen molar-refractivity contribution in [2.45, 2.75) is 51.0 Å². The summed E-state index contributed by atoms with van der Waals surface area (Å²) in [6, 6.07) is 15.7. The molecule has 0 radical (unpaired) electrons. The zero-order valence-corrected chi connectivity index (χ0v) is 22.5. The van der Waals surface area contributed by atoms with Crippen molar-refractivity contribution in [2.24, 2.45) is 11.7 Å². The summed E-state index contributed by atoms with van der Waals surface area (Å²) in [7, 11) is -3.00. The summed E-state index contributed by atoms with van der Waals surface area (Å²) in [6.07, 6.45) is 0.909. The Labute approximate surface area is 216 Å². The highest BCUT2D eigenvalue weighted by atomic mass is 32.2. The van der Waals surface area contributed by atoms with Gasteiger partial charge < -0.3 is 10.5 Å². The Hall–Kier alpha value is -2.79. The number of nitrogens with zero attached hydrogens (tertiary/aromatic N) is 1. The van der Waals surface area contributed by atoms with Gasteiger partial charge >= 0.3 is 16.3 Å². The monoisotopic (exact) mass is 531 g/mol. The van der Waals surface area contributed by atoms with E-state index in [1.54, 1.807) is 24.3 Å². The number of carbonyl (C=O) groups excluding carboxylic acids is 1. The molecule has 0 saturated carbocycles. The molecule has 1 heterocycles. The minimum atomic E-state index is -4.36. The van der Waals surface area contributed by atoms with Crippen molar-refractivity contribution in [3.05, 3.63) is 81.8 Å². The minimum absolute atomic E-state index is 0.141. The Morgan fingerprint density at radius 2 is 1.69 bits per heavy atom. The van der Waals surface area contributed by atoms with Crippen LogP contribution in [0.5, 0.6) is 0 Å². The van der Waals surface area contributed by atoms with Crippen molar-refractivity contribution in [2.75, 3.05) is 11.8 Å². The lowest BCUT2D eigenvalue weighted by molar-refractivity contribution is -0.146. The second-order valence-corrected chi connectivity index (χ2v) is 11.8. The summed E-state index contributed by atoms with van der Waals surface area (Å²) in [5, 5.41) is 2.85. The first-order chi connectivity index (χ1) is 16.9. The van der Waals surface area contributed by atoms with Crippen LogP contribution in [0.15, 0.2) is 60.0 Å². The van der Waals surface area contributed by atoms with Crippen molar-refractivity contribution in [3.8, 4) is 0 Å². The zero-order chi connectivity index (χ0) is 26.5. The molecule has 3 atom stereocenters. The Balaban J connectivity index is 1.96. The highest BCUT2D eigenvalue weighted by Crippen LogP contribution is 2.34. The van der Waals surface area contributed by atoms with Crippen molar-refractivity contribution in [3.63, 3.8) is 0 Å². The first-order valence-corrected chi connectivity index (χ1v) is 13.9. The lowest BCUT2D eigenvalue weighted by Crippen LogP contribution is -2.43. The molecule has 0 bridgehead atoms. The fraction of sp³-hybridized carbons (Fsp3) is 0.385. The van der Waals surface area contributed by atoms with Gasteiger partial charge in [0.1, 0.15) is 0 Å². The maximum absolute atomic E-state index is 12.9. The maximum Gasteiger partial charge on any atom is 0.357 e. The van der Waals surface area contributed by atoms with Crippen LogP contribution in [0.25, 0.3) is 0 Å². The van der Waals surface area contributed by atoms with E-state index in [4.69, 9.17) is 20.0 Å². The van der Waals surface area contributed by atoms with Gasteiger partial charge in [-0.1, -0.05) is 63.2 Å². The van der Waals surface area contributed by atoms with Crippen LogP contribution in [0.2, 0.25) is 0 Å². The number of methoxy groups -OCH3 is 1. The van der Waals surface area contributed by atoms with Crippen molar-refractivity contribution < 1.29 is 22.5 Å². The van der Waals surface area contributed by atoms with Crippen LogP contribution in [0.3, 0.4) is 0 Å². The molecule has 3 rings (SSSR count). The molecular weight excluding hydrogens is 498 g/mol. The van der Waals surface area contributed by atoms with E-state index < -0.39 is 22.3 Å². The number of nitrogens with two attached hydrogens (primary N) is 1. The maximum atomic E-state index is 12.9. The number of carbonyl (C=O) groups is 1. The molecular formula is C26H33N3O5S2. The summed E-state index contributed by atoms with van der Waals surface area (Å²) < 4.78 is 38.4. The normalized spacial score (nSPS) is 14.6. The smallest absolute Gasteiger partial charge is 0.357 e. The summed E-state index contributed by atoms with van der Waals surface area (Å²) in [4.78, 5) is 17.8. The number of thiazole rings is 1. The van der Waals surface area contributed by atoms with E-state index in [0.717, 1.165) is 21.8 Å². The number of anilines is 1. The van der Waals surface area contributed by atoms with Gasteiger partial charge in [-0.2, -0.15) is 8.42 Å². The predicted molar refractivity (Wildman–Crippen MR) is 142 cm³/mol. The van der Waals surface area contributed by atoms with Crippen LogP contribution in [-0.2, 0) is 38.1 Å². The highest BCUT2D eigenvalue weighted by Gasteiger charge is 2.35. The van der Waals surface area contributed by atoms with E-state index in [1.165, 1.54) is 18.4 Å². The second kappa shape index (κ2) is 11.5. The van der Waals surface area contributed by atoms with Crippen molar-refractivity contribution in [1.29, 1.82) is 0 Å². The van der Waals surface area contributed by atoms with E-state index in [2.05, 4.69) is 20.8 Å². The van der Waals surface area contributed by atoms with E-state index in [1.807, 2.05) is 40.4 Å². The third-order valence-electron chi connectivity index (χ3n) is 6.00. The Morgan fingerprint density at radius 3 is 2.22 bits per heavy atom. The minimum Gasteiger partial charge on any atom is -0.469 e. The van der Waals surface area contributed by atoms with Gasteiger partial charge in [0.15, 0.2) is 0 Å². The molecule has 2 aromatic carbocycles. The molecule has 3 aromatic rings. The first kappa shape index (κ1) is 27.8. The molecule has 0 spiro atoms. The first-order valence-electron chi connectivity index (χ1n) is 11.5. The summed E-state index contributed by atoms with van der Waals surface area (Å²) in [6.45, 7) is 6.27. The fourth-order valence-corrected chi connectivity index (χ4v) is 5.62. The SMILES string of the molecule is COC(=O)C(Cc1ccccc1)C(N)C(Cc1ccc(NS(=O)(=O)O)cc1)c1nc(C(C)(C)C)cs1. The molecule has 0 saturated heterocycles. The van der Waals surface area contributed by atoms with Gasteiger partial charge in [0.05, 0.1) is 29.4 Å². The standard InChI is InChI=1S/C26H33N3O5S2/c1-26(2,3)22-16-35-24(28-22)20(14-18-10-12-19(13-11-18)29-36(31,32)33)23(27)21(25(30)34-4)15-17-8-6-5-7-9-17/h5-13,16,20-21,23,29H,14-15,27H2,1-4H3,(H,31,32,33). The van der Waals surface area contributed by atoms with Crippen molar-refractivity contribution in [1.82, 2.24) is 4.98 Å². The molecule has 4 N–H and O–H groups in total. The van der Waals surface area contributed by atoms with Gasteiger partial charge in [0, 0.05) is 22.8 Å². The van der Waals surface area contributed by atoms with Crippen LogP contribution < -0.4 is 10.5 Å². The fourth-order valence-electron chi connectivity index (χ4n) is 3.98. The topological polar surface area (TPSA) is 132 Å². The lowest BCUT2D eigenvalue weighted by atomic mass is 9.81. The number of hydrogen-bond acceptors (Lipinski definition) is 7. The van der Waals surface area contributed by atoms with Crippen molar-refractivity contribution >= 4 is 33.3 Å². The number of ether oxygens (including phenoxy) is 1. The van der Waals surface area contributed by atoms with Gasteiger partial charge in [0.2, 0.25) is 0 Å². The number of benzene rings is 2. The van der Waals surface area contributed by atoms with Gasteiger partial charge in [-0.05, 0) is 36.1 Å². The molecule has 3 unspecified atom stereocenters. The predicted octanol–water partition coefficient (Wildman–Crippen LogP) is 4.34. The van der Waals surface area contributed by atoms with Gasteiger partial charge in [-0.15, -0.1) is 11.3 Å². The van der Waals surface area contributed by atoms with E-state index in [0.29, 0.717) is 12.8 Å². The summed E-state index contributed by atoms with van der Waals surface area (Å²) in [5.74, 6) is -1.26. The Kier molecular flexibility index (Phi) is 8.89. The number of hydrogen-bond donors (Lipinski definition) is 3. The van der Waals surface area contributed by atoms with E-state index in [9.17, 15) is 13.2 Å². The number of rotatable bonds is 10. The molecule has 1 aromatic heterocycles. The molecule has 0 aliphatic carbocycles. The average Bonchev–Trinajstić information content (AvgIpc) is 3.31. The summed E-state index contributed by atoms with van der Waals surface area (Å²) in [5.41, 5.74) is 9.75. The zero-order valence-electron chi connectivity index (χ0n) is 20.8. The van der Waals surface area contributed by atoms with E-state index in [-0.39, 0.29) is 23.0 Å². The van der Waals surface area contributed by atoms with E-state index >= 15 is 0 Å². The quantitative estimate of drug-likeness (QED) is 0.262. The largest absolute Gasteiger partial charge is 0.469 e. The molecule has 36 heavy (non-hydrogen) atoms. The molecule has 0 aliphatic rings. The molecule has 0 aliphatic heterocycles. The Morgan fingerprint density at radius 1 is 1.08 bits per heavy atom. The lowest BCUT2D eigenvalue weighted by Gasteiger charge is -2.29. The number of aromatic nitrogens is 1. The second-order valence-electron chi connectivity index (χ2n) is 9.80. The van der Waals surface area contributed by atoms with Gasteiger partial charge in [-0.25, -0.2) is 4.98 Å². The average molecular weight is 532 g/mol. The third kappa shape index (κ3) is 7.60. The number of nitrogens with one attached hydrogen (secondary N) is 1. The number of esters is 1. The van der Waals surface area contributed by atoms with Crippen LogP contribution in [0.1, 0.15) is 48.5 Å².